The van der Waals surface area contributed by atoms with Gasteiger partial charge in [0.05, 0.1) is 5.69 Å². The van der Waals surface area contributed by atoms with Crippen LogP contribution >= 0.6 is 0 Å². The first-order chi connectivity index (χ1) is 9.84. The molecule has 1 atom stereocenters. The second-order valence-electron chi connectivity index (χ2n) is 5.65. The maximum absolute atomic E-state index is 4.48. The molecule has 0 spiro atoms. The SMILES string of the molecule is Cc1cccnc1CNC1CCCCc2ccccc21. The molecule has 1 aliphatic rings. The first-order valence-electron chi connectivity index (χ1n) is 7.56. The highest BCUT2D eigenvalue weighted by Crippen LogP contribution is 2.28. The fourth-order valence-corrected chi connectivity index (χ4v) is 3.06. The van der Waals surface area contributed by atoms with E-state index in [0.29, 0.717) is 6.04 Å². The summed E-state index contributed by atoms with van der Waals surface area (Å²) in [6.07, 6.45) is 6.93. The summed E-state index contributed by atoms with van der Waals surface area (Å²) in [5, 5.41) is 3.71. The molecule has 1 unspecified atom stereocenters. The van der Waals surface area contributed by atoms with Gasteiger partial charge in [-0.2, -0.15) is 0 Å². The van der Waals surface area contributed by atoms with E-state index in [1.807, 2.05) is 12.3 Å². The normalized spacial score (nSPS) is 18.4. The average molecular weight is 266 g/mol. The lowest BCUT2D eigenvalue weighted by Crippen LogP contribution is -2.22. The Labute approximate surface area is 121 Å². The summed E-state index contributed by atoms with van der Waals surface area (Å²) >= 11 is 0. The first kappa shape index (κ1) is 13.3. The van der Waals surface area contributed by atoms with Gasteiger partial charge >= 0.3 is 0 Å². The van der Waals surface area contributed by atoms with Crippen molar-refractivity contribution in [2.24, 2.45) is 0 Å². The minimum atomic E-state index is 0.468. The molecule has 104 valence electrons. The van der Waals surface area contributed by atoms with E-state index >= 15 is 0 Å². The fourth-order valence-electron chi connectivity index (χ4n) is 3.06. The highest BCUT2D eigenvalue weighted by atomic mass is 14.9. The van der Waals surface area contributed by atoms with Crippen LogP contribution in [-0.4, -0.2) is 4.98 Å². The summed E-state index contributed by atoms with van der Waals surface area (Å²) in [6.45, 7) is 2.98. The Morgan fingerprint density at radius 2 is 2.05 bits per heavy atom. The smallest absolute Gasteiger partial charge is 0.0570 e. The molecule has 1 aromatic heterocycles. The van der Waals surface area contributed by atoms with Gasteiger partial charge in [0.2, 0.25) is 0 Å². The van der Waals surface area contributed by atoms with Crippen LogP contribution in [0, 0.1) is 6.92 Å². The number of fused-ring (bicyclic) bond motifs is 1. The van der Waals surface area contributed by atoms with Crippen molar-refractivity contribution in [2.75, 3.05) is 0 Å². The quantitative estimate of drug-likeness (QED) is 0.851. The second kappa shape index (κ2) is 6.19. The van der Waals surface area contributed by atoms with Gasteiger partial charge in [0.1, 0.15) is 0 Å². The number of benzene rings is 1. The minimum Gasteiger partial charge on any atom is -0.304 e. The zero-order valence-corrected chi connectivity index (χ0v) is 12.1. The van der Waals surface area contributed by atoms with Crippen molar-refractivity contribution in [3.63, 3.8) is 0 Å². The van der Waals surface area contributed by atoms with E-state index in [0.717, 1.165) is 12.2 Å². The standard InChI is InChI=1S/C18H22N2/c1-14-7-6-12-19-18(14)13-20-17-11-5-3-9-15-8-2-4-10-16(15)17/h2,4,6-8,10,12,17,20H,3,5,9,11,13H2,1H3. The molecule has 2 aromatic rings. The molecule has 0 saturated heterocycles. The van der Waals surface area contributed by atoms with Crippen molar-refractivity contribution < 1.29 is 0 Å². The lowest BCUT2D eigenvalue weighted by molar-refractivity contribution is 0.485. The summed E-state index contributed by atoms with van der Waals surface area (Å²) < 4.78 is 0. The Balaban J connectivity index is 1.76. The van der Waals surface area contributed by atoms with Gasteiger partial charge < -0.3 is 5.32 Å². The van der Waals surface area contributed by atoms with Gasteiger partial charge in [-0.1, -0.05) is 36.8 Å². The van der Waals surface area contributed by atoms with Gasteiger partial charge in [-0.25, -0.2) is 0 Å². The van der Waals surface area contributed by atoms with E-state index in [1.54, 1.807) is 0 Å². The lowest BCUT2D eigenvalue weighted by atomic mass is 9.99. The third kappa shape index (κ3) is 2.91. The summed E-state index contributed by atoms with van der Waals surface area (Å²) in [7, 11) is 0. The Morgan fingerprint density at radius 3 is 2.95 bits per heavy atom. The third-order valence-electron chi connectivity index (χ3n) is 4.25. The van der Waals surface area contributed by atoms with E-state index in [4.69, 9.17) is 0 Å². The number of aryl methyl sites for hydroxylation is 2. The predicted octanol–water partition coefficient (Wildman–Crippen LogP) is 3.95. The van der Waals surface area contributed by atoms with Crippen molar-refractivity contribution in [1.29, 1.82) is 0 Å². The number of rotatable bonds is 3. The predicted molar refractivity (Wildman–Crippen MR) is 82.6 cm³/mol. The highest BCUT2D eigenvalue weighted by Gasteiger charge is 2.17. The van der Waals surface area contributed by atoms with Crippen molar-refractivity contribution in [3.8, 4) is 0 Å². The van der Waals surface area contributed by atoms with Crippen LogP contribution in [0.5, 0.6) is 0 Å². The van der Waals surface area contributed by atoms with Crippen LogP contribution in [-0.2, 0) is 13.0 Å². The first-order valence-corrected chi connectivity index (χ1v) is 7.56. The van der Waals surface area contributed by atoms with Crippen LogP contribution in [0.3, 0.4) is 0 Å². The zero-order valence-electron chi connectivity index (χ0n) is 12.1. The fraction of sp³-hybridized carbons (Fsp3) is 0.389. The van der Waals surface area contributed by atoms with Gasteiger partial charge in [-0.05, 0) is 48.9 Å². The monoisotopic (exact) mass is 266 g/mol. The number of aromatic nitrogens is 1. The number of nitrogens with zero attached hydrogens (tertiary/aromatic N) is 1. The van der Waals surface area contributed by atoms with Crippen LogP contribution in [0.2, 0.25) is 0 Å². The molecule has 0 saturated carbocycles. The molecule has 3 rings (SSSR count). The summed E-state index contributed by atoms with van der Waals surface area (Å²) in [5.74, 6) is 0. The Kier molecular flexibility index (Phi) is 4.12. The molecule has 0 bridgehead atoms. The molecule has 0 aliphatic heterocycles. The van der Waals surface area contributed by atoms with Crippen LogP contribution in [0.15, 0.2) is 42.6 Å². The van der Waals surface area contributed by atoms with E-state index in [1.165, 1.54) is 42.4 Å². The minimum absolute atomic E-state index is 0.468. The van der Waals surface area contributed by atoms with Crippen molar-refractivity contribution in [3.05, 3.63) is 65.0 Å². The molecule has 1 aromatic carbocycles. The van der Waals surface area contributed by atoms with E-state index in [2.05, 4.69) is 47.6 Å². The zero-order chi connectivity index (χ0) is 13.8. The molecule has 1 N–H and O–H groups in total. The Hall–Kier alpha value is -1.67. The highest BCUT2D eigenvalue weighted by molar-refractivity contribution is 5.31. The molecule has 2 heteroatoms. The summed E-state index contributed by atoms with van der Waals surface area (Å²) in [4.78, 5) is 4.48. The molecule has 0 fully saturated rings. The Bertz CT molecular complexity index is 577. The largest absolute Gasteiger partial charge is 0.304 e. The number of hydrogen-bond acceptors (Lipinski definition) is 2. The van der Waals surface area contributed by atoms with Crippen LogP contribution in [0.25, 0.3) is 0 Å². The molecular weight excluding hydrogens is 244 g/mol. The molecular formula is C18H22N2. The molecule has 0 amide bonds. The Morgan fingerprint density at radius 1 is 1.15 bits per heavy atom. The molecule has 1 heterocycles. The van der Waals surface area contributed by atoms with Gasteiger partial charge in [0, 0.05) is 18.8 Å². The van der Waals surface area contributed by atoms with Crippen molar-refractivity contribution in [1.82, 2.24) is 10.3 Å². The molecule has 1 aliphatic carbocycles. The van der Waals surface area contributed by atoms with Gasteiger partial charge in [-0.15, -0.1) is 0 Å². The maximum Gasteiger partial charge on any atom is 0.0570 e. The summed E-state index contributed by atoms with van der Waals surface area (Å²) in [5.41, 5.74) is 5.43. The van der Waals surface area contributed by atoms with Gasteiger partial charge in [0.25, 0.3) is 0 Å². The van der Waals surface area contributed by atoms with E-state index < -0.39 is 0 Å². The third-order valence-corrected chi connectivity index (χ3v) is 4.25. The number of nitrogens with one attached hydrogen (secondary N) is 1. The van der Waals surface area contributed by atoms with E-state index in [-0.39, 0.29) is 0 Å². The molecule has 20 heavy (non-hydrogen) atoms. The van der Waals surface area contributed by atoms with Crippen LogP contribution in [0.1, 0.15) is 47.7 Å². The van der Waals surface area contributed by atoms with Crippen molar-refractivity contribution >= 4 is 0 Å². The number of pyridine rings is 1. The number of hydrogen-bond donors (Lipinski definition) is 1. The topological polar surface area (TPSA) is 24.9 Å². The van der Waals surface area contributed by atoms with Gasteiger partial charge in [0.15, 0.2) is 0 Å². The van der Waals surface area contributed by atoms with E-state index in [9.17, 15) is 0 Å². The second-order valence-corrected chi connectivity index (χ2v) is 5.65. The van der Waals surface area contributed by atoms with Crippen LogP contribution in [0.4, 0.5) is 0 Å². The van der Waals surface area contributed by atoms with Crippen molar-refractivity contribution in [2.45, 2.75) is 45.2 Å². The maximum atomic E-state index is 4.48. The van der Waals surface area contributed by atoms with Crippen LogP contribution < -0.4 is 5.32 Å². The lowest BCUT2D eigenvalue weighted by Gasteiger charge is -2.19. The summed E-state index contributed by atoms with van der Waals surface area (Å²) in [6, 6.07) is 13.5. The molecule has 2 nitrogen and oxygen atoms in total. The van der Waals surface area contributed by atoms with Gasteiger partial charge in [-0.3, -0.25) is 4.98 Å². The molecule has 0 radical (unpaired) electrons. The average Bonchev–Trinajstić information content (AvgIpc) is 2.69.